The van der Waals surface area contributed by atoms with Gasteiger partial charge in [0.15, 0.2) is 0 Å². The molecule has 2 unspecified atom stereocenters. The first-order chi connectivity index (χ1) is 11.2. The molecule has 23 heavy (non-hydrogen) atoms. The molecule has 2 aromatic carbocycles. The molecule has 0 saturated heterocycles. The van der Waals surface area contributed by atoms with E-state index < -0.39 is 0 Å². The summed E-state index contributed by atoms with van der Waals surface area (Å²) in [5.74, 6) is 1.89. The van der Waals surface area contributed by atoms with Crippen LogP contribution >= 0.6 is 0 Å². The van der Waals surface area contributed by atoms with Crippen LogP contribution in [0.1, 0.15) is 36.8 Å². The molecule has 0 aliphatic heterocycles. The van der Waals surface area contributed by atoms with Gasteiger partial charge in [0.2, 0.25) is 0 Å². The smallest absolute Gasteiger partial charge is 0.144 e. The van der Waals surface area contributed by atoms with Crippen molar-refractivity contribution in [2.75, 3.05) is 7.11 Å². The lowest BCUT2D eigenvalue weighted by Crippen LogP contribution is -2.43. The van der Waals surface area contributed by atoms with Crippen molar-refractivity contribution in [1.82, 2.24) is 0 Å². The van der Waals surface area contributed by atoms with E-state index in [4.69, 9.17) is 4.74 Å². The Morgan fingerprint density at radius 3 is 2.87 bits per heavy atom. The number of ether oxygens (including phenoxy) is 1. The number of carbonyl (C=O) groups excluding carboxylic acids is 1. The third-order valence-corrected chi connectivity index (χ3v) is 6.29. The summed E-state index contributed by atoms with van der Waals surface area (Å²) in [7, 11) is 1.72. The van der Waals surface area contributed by atoms with Gasteiger partial charge in [-0.3, -0.25) is 4.79 Å². The van der Waals surface area contributed by atoms with Crippen molar-refractivity contribution in [2.45, 2.75) is 37.5 Å². The number of aryl methyl sites for hydroxylation is 1. The Kier molecular flexibility index (Phi) is 2.60. The average Bonchev–Trinajstić information content (AvgIpc) is 3.18. The van der Waals surface area contributed by atoms with Gasteiger partial charge in [0.1, 0.15) is 11.5 Å². The van der Waals surface area contributed by atoms with Gasteiger partial charge in [0.05, 0.1) is 12.5 Å². The molecule has 0 amide bonds. The third kappa shape index (κ3) is 1.61. The van der Waals surface area contributed by atoms with E-state index >= 15 is 0 Å². The van der Waals surface area contributed by atoms with Gasteiger partial charge >= 0.3 is 0 Å². The molecule has 1 saturated carbocycles. The SMILES string of the molecule is COc1cccc2cc3c(cc12)CCC(=O)C31CC2=CCC1C2. The molecular weight excluding hydrogens is 284 g/mol. The topological polar surface area (TPSA) is 26.3 Å². The van der Waals surface area contributed by atoms with Gasteiger partial charge in [-0.2, -0.15) is 0 Å². The molecule has 2 nitrogen and oxygen atoms in total. The Bertz CT molecular complexity index is 877. The zero-order valence-corrected chi connectivity index (χ0v) is 13.4. The van der Waals surface area contributed by atoms with Gasteiger partial charge in [-0.15, -0.1) is 0 Å². The predicted molar refractivity (Wildman–Crippen MR) is 90.9 cm³/mol. The van der Waals surface area contributed by atoms with Crippen molar-refractivity contribution in [2.24, 2.45) is 5.92 Å². The second-order valence-electron chi connectivity index (χ2n) is 7.26. The lowest BCUT2D eigenvalue weighted by atomic mass is 9.61. The van der Waals surface area contributed by atoms with Crippen LogP contribution < -0.4 is 4.74 Å². The number of allylic oxidation sites excluding steroid dienone is 2. The maximum atomic E-state index is 13.0. The second kappa shape index (κ2) is 4.47. The van der Waals surface area contributed by atoms with Crippen LogP contribution in [0, 0.1) is 5.92 Å². The summed E-state index contributed by atoms with van der Waals surface area (Å²) >= 11 is 0. The summed E-state index contributed by atoms with van der Waals surface area (Å²) in [5.41, 5.74) is 3.94. The summed E-state index contributed by atoms with van der Waals surface area (Å²) in [4.78, 5) is 13.0. The number of Topliss-reactive ketones (excluding diaryl/α,β-unsaturated/α-hetero) is 1. The van der Waals surface area contributed by atoms with E-state index in [1.165, 1.54) is 27.5 Å². The molecular formula is C21H20O2. The Morgan fingerprint density at radius 1 is 1.22 bits per heavy atom. The lowest BCUT2D eigenvalue weighted by molar-refractivity contribution is -0.126. The summed E-state index contributed by atoms with van der Waals surface area (Å²) < 4.78 is 5.53. The van der Waals surface area contributed by atoms with Crippen LogP contribution in [0.15, 0.2) is 42.0 Å². The van der Waals surface area contributed by atoms with E-state index in [2.05, 4.69) is 24.3 Å². The molecule has 0 aromatic heterocycles. The van der Waals surface area contributed by atoms with Crippen LogP contribution in [0.4, 0.5) is 0 Å². The fraction of sp³-hybridized carbons (Fsp3) is 0.381. The average molecular weight is 304 g/mol. The maximum absolute atomic E-state index is 13.0. The summed E-state index contributed by atoms with van der Waals surface area (Å²) in [6.07, 6.45) is 7.09. The molecule has 1 fully saturated rings. The van der Waals surface area contributed by atoms with Gasteiger partial charge in [-0.1, -0.05) is 23.8 Å². The monoisotopic (exact) mass is 304 g/mol. The van der Waals surface area contributed by atoms with E-state index in [-0.39, 0.29) is 5.41 Å². The number of methoxy groups -OCH3 is 1. The van der Waals surface area contributed by atoms with Crippen LogP contribution in [0.3, 0.4) is 0 Å². The van der Waals surface area contributed by atoms with Gasteiger partial charge in [-0.25, -0.2) is 0 Å². The Morgan fingerprint density at radius 2 is 2.13 bits per heavy atom. The Labute approximate surface area is 136 Å². The van der Waals surface area contributed by atoms with Gasteiger partial charge in [0, 0.05) is 11.8 Å². The highest BCUT2D eigenvalue weighted by atomic mass is 16.5. The number of rotatable bonds is 1. The standard InChI is InChI=1S/C21H20O2/c1-23-19-4-2-3-14-11-18-15(10-17(14)19)6-8-20(22)21(18)12-13-5-7-16(21)9-13/h2-5,10-11,16H,6-9,12H2,1H3. The van der Waals surface area contributed by atoms with Crippen LogP contribution in [0.25, 0.3) is 10.8 Å². The molecule has 0 N–H and O–H groups in total. The quantitative estimate of drug-likeness (QED) is 0.733. The molecule has 0 radical (unpaired) electrons. The van der Waals surface area contributed by atoms with Crippen LogP contribution in [-0.2, 0) is 16.6 Å². The maximum Gasteiger partial charge on any atom is 0.144 e. The summed E-state index contributed by atoms with van der Waals surface area (Å²) in [5, 5.41) is 2.36. The highest BCUT2D eigenvalue weighted by molar-refractivity contribution is 5.98. The molecule has 1 spiro atoms. The zero-order valence-electron chi connectivity index (χ0n) is 13.4. The van der Waals surface area contributed by atoms with E-state index in [0.717, 1.165) is 31.4 Å². The highest BCUT2D eigenvalue weighted by Crippen LogP contribution is 2.57. The fourth-order valence-electron chi connectivity index (χ4n) is 5.22. The number of hydrogen-bond donors (Lipinski definition) is 0. The molecule has 2 bridgehead atoms. The van der Waals surface area contributed by atoms with E-state index in [1.54, 1.807) is 7.11 Å². The number of fused-ring (bicyclic) bond motifs is 6. The van der Waals surface area contributed by atoms with Crippen LogP contribution in [0.5, 0.6) is 5.75 Å². The molecule has 3 aliphatic rings. The largest absolute Gasteiger partial charge is 0.496 e. The molecule has 0 heterocycles. The van der Waals surface area contributed by atoms with E-state index in [1.807, 2.05) is 12.1 Å². The lowest BCUT2D eigenvalue weighted by Gasteiger charge is -2.40. The minimum Gasteiger partial charge on any atom is -0.496 e. The molecule has 2 atom stereocenters. The van der Waals surface area contributed by atoms with Crippen LogP contribution in [-0.4, -0.2) is 12.9 Å². The van der Waals surface area contributed by atoms with Crippen LogP contribution in [0.2, 0.25) is 0 Å². The van der Waals surface area contributed by atoms with Crippen molar-refractivity contribution in [1.29, 1.82) is 0 Å². The second-order valence-corrected chi connectivity index (χ2v) is 7.26. The van der Waals surface area contributed by atoms with Crippen molar-refractivity contribution in [3.63, 3.8) is 0 Å². The molecule has 116 valence electrons. The number of hydrogen-bond acceptors (Lipinski definition) is 2. The number of carbonyl (C=O) groups is 1. The van der Waals surface area contributed by atoms with Gasteiger partial charge < -0.3 is 4.74 Å². The van der Waals surface area contributed by atoms with E-state index in [0.29, 0.717) is 18.1 Å². The normalized spacial score (nSPS) is 28.3. The minimum atomic E-state index is -0.227. The molecule has 3 aliphatic carbocycles. The molecule has 2 heteroatoms. The van der Waals surface area contributed by atoms with Gasteiger partial charge in [0.25, 0.3) is 0 Å². The van der Waals surface area contributed by atoms with Crippen molar-refractivity contribution >= 4 is 16.6 Å². The van der Waals surface area contributed by atoms with Gasteiger partial charge in [-0.05, 0) is 66.3 Å². The van der Waals surface area contributed by atoms with Crippen molar-refractivity contribution in [3.8, 4) is 5.75 Å². The number of ketones is 1. The van der Waals surface area contributed by atoms with E-state index in [9.17, 15) is 4.79 Å². The first kappa shape index (κ1) is 13.4. The Hall–Kier alpha value is -2.09. The molecule has 2 aromatic rings. The Balaban J connectivity index is 1.79. The first-order valence-corrected chi connectivity index (χ1v) is 8.54. The van der Waals surface area contributed by atoms with Crippen molar-refractivity contribution < 1.29 is 9.53 Å². The third-order valence-electron chi connectivity index (χ3n) is 6.29. The predicted octanol–water partition coefficient (Wildman–Crippen LogP) is 4.34. The fourth-order valence-corrected chi connectivity index (χ4v) is 5.22. The minimum absolute atomic E-state index is 0.227. The summed E-state index contributed by atoms with van der Waals surface area (Å²) in [6.45, 7) is 0. The highest BCUT2D eigenvalue weighted by Gasteiger charge is 2.55. The van der Waals surface area contributed by atoms with Crippen molar-refractivity contribution in [3.05, 3.63) is 53.1 Å². The first-order valence-electron chi connectivity index (χ1n) is 8.54. The summed E-state index contributed by atoms with van der Waals surface area (Å²) in [6, 6.07) is 10.7. The zero-order chi connectivity index (χ0) is 15.6. The molecule has 5 rings (SSSR count). The number of benzene rings is 2.